The van der Waals surface area contributed by atoms with Crippen LogP contribution in [-0.2, 0) is 20.1 Å². The van der Waals surface area contributed by atoms with Crippen LogP contribution in [-0.4, -0.2) is 14.5 Å². The second kappa shape index (κ2) is 14.4. The minimum atomic E-state index is -0.710. The molecule has 1 radical (unpaired) electrons. The molecule has 0 saturated carbocycles. The molecule has 0 aliphatic carbocycles. The maximum atomic E-state index is 8.53. The minimum Gasteiger partial charge on any atom is -0.557 e. The van der Waals surface area contributed by atoms with Crippen molar-refractivity contribution < 1.29 is 25.9 Å². The van der Waals surface area contributed by atoms with Crippen LogP contribution in [0.25, 0.3) is 50.3 Å². The van der Waals surface area contributed by atoms with E-state index in [1.54, 1.807) is 6.20 Å². The first kappa shape index (κ1) is 31.7. The average molecular weight is 783 g/mol. The molecule has 0 fully saturated rings. The van der Waals surface area contributed by atoms with Crippen molar-refractivity contribution >= 4 is 22.0 Å². The zero-order valence-corrected chi connectivity index (χ0v) is 29.5. The van der Waals surface area contributed by atoms with Crippen molar-refractivity contribution in [3.05, 3.63) is 138 Å². The van der Waals surface area contributed by atoms with Crippen molar-refractivity contribution in [1.29, 1.82) is 0 Å². The first-order valence-corrected chi connectivity index (χ1v) is 15.6. The van der Waals surface area contributed by atoms with Crippen LogP contribution in [0, 0.1) is 12.3 Å². The molecule has 0 aliphatic heterocycles. The zero-order chi connectivity index (χ0) is 32.4. The standard InChI is InChI=1S/C30H31N2O.C11H8N.Ir/c1-18(2)21-14-15-28-24(16-21)25(17-33-28)30-31-26-12-7-8-13-27(26)32(30)29-22(19(3)4)10-9-11-23(29)20(5)6;1-2-6-10(7-3-1)11-8-4-5-9-12-11;/h7-16,18-20H,1-6H3;1-6,8-9H;/q2*-1;/i18D;;. The van der Waals surface area contributed by atoms with Gasteiger partial charge in [0.2, 0.25) is 0 Å². The summed E-state index contributed by atoms with van der Waals surface area (Å²) in [6, 6.07) is 37.7. The summed E-state index contributed by atoms with van der Waals surface area (Å²) in [5.74, 6) is 0.805. The zero-order valence-electron chi connectivity index (χ0n) is 28.1. The maximum absolute atomic E-state index is 8.53. The number of aromatic nitrogens is 3. The molecule has 4 nitrogen and oxygen atoms in total. The smallest absolute Gasteiger partial charge is 0.0774 e. The van der Waals surface area contributed by atoms with Crippen LogP contribution in [0.1, 0.15) is 77.3 Å². The number of furan rings is 1. The molecule has 0 N–H and O–H groups in total. The molecule has 7 rings (SSSR count). The third-order valence-electron chi connectivity index (χ3n) is 8.09. The van der Waals surface area contributed by atoms with Crippen molar-refractivity contribution in [2.75, 3.05) is 0 Å². The summed E-state index contributed by atoms with van der Waals surface area (Å²) in [5, 5.41) is 0.933. The molecular weight excluding hydrogens is 743 g/mol. The molecule has 0 spiro atoms. The van der Waals surface area contributed by atoms with Crippen LogP contribution in [0.4, 0.5) is 0 Å². The van der Waals surface area contributed by atoms with Gasteiger partial charge in [-0.15, -0.1) is 35.9 Å². The van der Waals surface area contributed by atoms with Crippen LogP contribution < -0.4 is 0 Å². The van der Waals surface area contributed by atoms with Gasteiger partial charge in [0.15, 0.2) is 0 Å². The van der Waals surface area contributed by atoms with Crippen molar-refractivity contribution in [3.8, 4) is 28.3 Å². The van der Waals surface area contributed by atoms with Gasteiger partial charge in [0.05, 0.1) is 16.9 Å². The van der Waals surface area contributed by atoms with E-state index in [4.69, 9.17) is 10.8 Å². The van der Waals surface area contributed by atoms with Crippen molar-refractivity contribution in [3.63, 3.8) is 0 Å². The molecule has 0 bridgehead atoms. The third-order valence-corrected chi connectivity index (χ3v) is 8.09. The predicted octanol–water partition coefficient (Wildman–Crippen LogP) is 11.2. The SMILES string of the molecule is [2H]C(C)(C)c1ccc2o[c-]c(-c3nc4ccccc4n3-c3c(C(C)C)cccc3C(C)C)c2c1.[Ir].[c-]1ccccc1-c1ccccn1. The number of nitrogens with zero attached hydrogens (tertiary/aromatic N) is 3. The number of imidazole rings is 1. The van der Waals surface area contributed by atoms with Crippen molar-refractivity contribution in [1.82, 2.24) is 14.5 Å². The van der Waals surface area contributed by atoms with Crippen LogP contribution in [0.5, 0.6) is 0 Å². The van der Waals surface area contributed by atoms with Gasteiger partial charge in [0, 0.05) is 45.2 Å². The fraction of sp³-hybridized carbons (Fsp3) is 0.220. The fourth-order valence-corrected chi connectivity index (χ4v) is 5.72. The van der Waals surface area contributed by atoms with E-state index in [1.165, 1.54) is 16.8 Å². The summed E-state index contributed by atoms with van der Waals surface area (Å²) >= 11 is 0. The molecule has 7 aromatic rings. The van der Waals surface area contributed by atoms with E-state index < -0.39 is 5.89 Å². The molecule has 0 saturated heterocycles. The van der Waals surface area contributed by atoms with E-state index in [2.05, 4.69) is 92.0 Å². The van der Waals surface area contributed by atoms with E-state index in [9.17, 15) is 0 Å². The van der Waals surface area contributed by atoms with E-state index in [-0.39, 0.29) is 20.1 Å². The van der Waals surface area contributed by atoms with E-state index >= 15 is 0 Å². The summed E-state index contributed by atoms with van der Waals surface area (Å²) in [6.45, 7) is 12.8. The summed E-state index contributed by atoms with van der Waals surface area (Å²) < 4.78 is 16.7. The topological polar surface area (TPSA) is 43.9 Å². The minimum absolute atomic E-state index is 0. The molecule has 0 unspecified atom stereocenters. The molecular formula is C41H39IrN3O-2. The van der Waals surface area contributed by atoms with Gasteiger partial charge in [-0.05, 0) is 52.7 Å². The summed E-state index contributed by atoms with van der Waals surface area (Å²) in [4.78, 5) is 9.32. The largest absolute Gasteiger partial charge is 0.557 e. The van der Waals surface area contributed by atoms with Gasteiger partial charge in [-0.2, -0.15) is 0 Å². The van der Waals surface area contributed by atoms with Crippen LogP contribution in [0.3, 0.4) is 0 Å². The summed E-state index contributed by atoms with van der Waals surface area (Å²) in [6.07, 6.45) is 4.95. The Morgan fingerprint density at radius 1 is 0.783 bits per heavy atom. The Labute approximate surface area is 287 Å². The number of hydrogen-bond acceptors (Lipinski definition) is 3. The number of hydrogen-bond donors (Lipinski definition) is 0. The Hall–Kier alpha value is -4.31. The number of rotatable bonds is 6. The second-order valence-corrected chi connectivity index (χ2v) is 12.1. The molecule has 4 aromatic carbocycles. The predicted molar refractivity (Wildman–Crippen MR) is 186 cm³/mol. The van der Waals surface area contributed by atoms with Crippen LogP contribution >= 0.6 is 0 Å². The number of benzene rings is 4. The summed E-state index contributed by atoms with van der Waals surface area (Å²) in [5.41, 5.74) is 10.3. The van der Waals surface area contributed by atoms with Crippen molar-refractivity contribution in [2.45, 2.75) is 59.3 Å². The fourth-order valence-electron chi connectivity index (χ4n) is 5.72. The van der Waals surface area contributed by atoms with Crippen LogP contribution in [0.15, 0.2) is 114 Å². The number of para-hydroxylation sites is 3. The Morgan fingerprint density at radius 3 is 2.15 bits per heavy atom. The average Bonchev–Trinajstić information content (AvgIpc) is 3.66. The summed E-state index contributed by atoms with van der Waals surface area (Å²) in [7, 11) is 0. The molecule has 5 heteroatoms. The van der Waals surface area contributed by atoms with Gasteiger partial charge in [0.1, 0.15) is 0 Å². The Balaban J connectivity index is 0.000000280. The molecule has 0 aliphatic rings. The Kier molecular flexibility index (Phi) is 9.92. The molecule has 235 valence electrons. The second-order valence-electron chi connectivity index (χ2n) is 12.1. The molecule has 0 atom stereocenters. The first-order valence-electron chi connectivity index (χ1n) is 16.1. The van der Waals surface area contributed by atoms with E-state index in [1.807, 2.05) is 74.5 Å². The van der Waals surface area contributed by atoms with Gasteiger partial charge in [-0.1, -0.05) is 119 Å². The monoisotopic (exact) mass is 783 g/mol. The Morgan fingerprint density at radius 2 is 1.50 bits per heavy atom. The van der Waals surface area contributed by atoms with E-state index in [0.717, 1.165) is 50.2 Å². The number of pyridine rings is 1. The van der Waals surface area contributed by atoms with Gasteiger partial charge >= 0.3 is 0 Å². The number of fused-ring (bicyclic) bond motifs is 2. The maximum Gasteiger partial charge on any atom is 0.0774 e. The molecule has 3 aromatic heterocycles. The van der Waals surface area contributed by atoms with Gasteiger partial charge in [-0.3, -0.25) is 4.98 Å². The van der Waals surface area contributed by atoms with Gasteiger partial charge < -0.3 is 14.0 Å². The molecule has 3 heterocycles. The first-order chi connectivity index (χ1) is 22.1. The van der Waals surface area contributed by atoms with Gasteiger partial charge in [0.25, 0.3) is 0 Å². The molecule has 46 heavy (non-hydrogen) atoms. The van der Waals surface area contributed by atoms with Gasteiger partial charge in [-0.25, -0.2) is 0 Å². The van der Waals surface area contributed by atoms with Crippen molar-refractivity contribution in [2.24, 2.45) is 0 Å². The quantitative estimate of drug-likeness (QED) is 0.158. The van der Waals surface area contributed by atoms with Crippen LogP contribution in [0.2, 0.25) is 0 Å². The van der Waals surface area contributed by atoms with E-state index in [0.29, 0.717) is 11.8 Å². The third kappa shape index (κ3) is 6.63. The molecule has 0 amide bonds. The Bertz CT molecular complexity index is 2030. The normalized spacial score (nSPS) is 11.8.